The Morgan fingerprint density at radius 1 is 0.694 bits per heavy atom. The molecule has 0 saturated carbocycles. The summed E-state index contributed by atoms with van der Waals surface area (Å²) in [6.45, 7) is 9.14. The topological polar surface area (TPSA) is 298 Å². The molecule has 0 spiro atoms. The highest BCUT2D eigenvalue weighted by Crippen LogP contribution is 2.45. The van der Waals surface area contributed by atoms with Gasteiger partial charge < -0.3 is 60.1 Å². The van der Waals surface area contributed by atoms with Crippen molar-refractivity contribution in [2.24, 2.45) is 11.8 Å². The minimum atomic E-state index is -4.93. The van der Waals surface area contributed by atoms with Crippen molar-refractivity contribution in [1.29, 1.82) is 0 Å². The molecular weight excluding hydrogens is 941 g/mol. The third kappa shape index (κ3) is 15.6. The van der Waals surface area contributed by atoms with Gasteiger partial charge in [-0.25, -0.2) is 9.13 Å². The predicted octanol–water partition coefficient (Wildman–Crippen LogP) is 1.01. The number of amides is 2. The Balaban J connectivity index is 0.000000330. The quantitative estimate of drug-likeness (QED) is 0.0677. The minimum absolute atomic E-state index is 0.238. The van der Waals surface area contributed by atoms with Crippen LogP contribution in [0, 0.1) is 11.8 Å². The minimum Gasteiger partial charge on any atom is -0.388 e. The number of nitrogens with zero attached hydrogens (tertiary/aromatic N) is 2. The number of ether oxygens (including phenoxy) is 2. The van der Waals surface area contributed by atoms with Gasteiger partial charge in [0, 0.05) is 13.1 Å². The van der Waals surface area contributed by atoms with Gasteiger partial charge in [0.1, 0.15) is 59.7 Å². The van der Waals surface area contributed by atoms with Gasteiger partial charge in [-0.2, -0.15) is 0 Å². The number of phosphoric ester groups is 2. The number of hydrogen-bond acceptors (Lipinski definition) is 16. The van der Waals surface area contributed by atoms with Crippen LogP contribution < -0.4 is 10.6 Å². The van der Waals surface area contributed by atoms with E-state index in [1.165, 1.54) is 0 Å². The highest BCUT2D eigenvalue weighted by atomic mass is 35.5. The summed E-state index contributed by atoms with van der Waals surface area (Å²) in [6, 6.07) is -2.35. The first-order chi connectivity index (χ1) is 28.8. The summed E-state index contributed by atoms with van der Waals surface area (Å²) in [5, 5.41) is 46.7. The van der Waals surface area contributed by atoms with Gasteiger partial charge in [0.25, 0.3) is 0 Å². The van der Waals surface area contributed by atoms with Crippen LogP contribution in [0.4, 0.5) is 0 Å². The smallest absolute Gasteiger partial charge is 0.388 e. The fourth-order valence-electron chi connectivity index (χ4n) is 8.74. The molecule has 62 heavy (non-hydrogen) atoms. The van der Waals surface area contributed by atoms with Crippen LogP contribution in [0.5, 0.6) is 0 Å². The highest BCUT2D eigenvalue weighted by Gasteiger charge is 2.53. The van der Waals surface area contributed by atoms with E-state index < -0.39 is 98.2 Å². The van der Waals surface area contributed by atoms with Crippen LogP contribution >= 0.6 is 62.4 Å². The number of phosphoric acid groups is 2. The number of likely N-dealkylation sites (N-methyl/N-ethyl adjacent to an activating group) is 2. The molecule has 26 heteroatoms. The summed E-state index contributed by atoms with van der Waals surface area (Å²) >= 11 is 14.8. The number of nitrogens with one attached hydrogen (secondary N) is 2. The molecule has 0 unspecified atom stereocenters. The number of aliphatic hydroxyl groups excluding tert-OH is 4. The largest absolute Gasteiger partial charge is 0.470 e. The standard InChI is InChI=1S/2C18H34ClN2O8PS/c2*1-5-6-10-7-11(21(3)8-10)17(24)20-12(9(2)19)15-13(22)14(23)16(18(28-15)31-4)29-30(25,26)27/h2*9-16,18,22-23H,5-8H2,1-4H3,(H,20,24)(H2,25,26,27)/t2*9-,10+,11-,12+,13+,14-,15+,16+,18+/m00/s1. The molecule has 0 aromatic carbocycles. The molecule has 20 nitrogen and oxygen atoms in total. The van der Waals surface area contributed by atoms with Gasteiger partial charge in [0.15, 0.2) is 0 Å². The SMILES string of the molecule is CCC[C@@H]1C[C@@H](C(=O)N[C@@H]([C@H]2O[C@H](SC)[C@H](OP(=O)(O)O)[C@@H](O)[C@H]2O)[C@H](C)Cl)N(C)C1.CCC[C@@H]1C[C@@H](C(=O)N[C@@H]([C@H]2O[C@H](SC)[C@H](OP(=O)(O)O)[C@@H](O)[C@H]2O)[C@H](C)Cl)N(C)C1. The lowest BCUT2D eigenvalue weighted by molar-refractivity contribution is -0.201. The van der Waals surface area contributed by atoms with Gasteiger partial charge in [-0.05, 0) is 78.0 Å². The molecular formula is C36H68Cl2N4O16P2S2. The van der Waals surface area contributed by atoms with Gasteiger partial charge in [-0.1, -0.05) is 26.7 Å². The van der Waals surface area contributed by atoms with Crippen molar-refractivity contribution in [3.8, 4) is 0 Å². The lowest BCUT2D eigenvalue weighted by Crippen LogP contribution is -2.65. The van der Waals surface area contributed by atoms with E-state index in [0.29, 0.717) is 11.8 Å². The Morgan fingerprint density at radius 2 is 1.02 bits per heavy atom. The summed E-state index contributed by atoms with van der Waals surface area (Å²) in [4.78, 5) is 66.5. The van der Waals surface area contributed by atoms with Gasteiger partial charge >= 0.3 is 15.6 Å². The van der Waals surface area contributed by atoms with Crippen LogP contribution in [0.3, 0.4) is 0 Å². The molecule has 0 bridgehead atoms. The van der Waals surface area contributed by atoms with Crippen LogP contribution in [0.25, 0.3) is 0 Å². The van der Waals surface area contributed by atoms with Crippen LogP contribution in [0.15, 0.2) is 0 Å². The van der Waals surface area contributed by atoms with Gasteiger partial charge in [0.05, 0.1) is 34.9 Å². The van der Waals surface area contributed by atoms with Crippen molar-refractivity contribution in [2.75, 3.05) is 39.7 Å². The van der Waals surface area contributed by atoms with Crippen molar-refractivity contribution in [1.82, 2.24) is 20.4 Å². The molecule has 4 fully saturated rings. The number of hydrogen-bond donors (Lipinski definition) is 10. The number of halogens is 2. The van der Waals surface area contributed by atoms with Crippen LogP contribution in [0.2, 0.25) is 0 Å². The average molecular weight is 1010 g/mol. The van der Waals surface area contributed by atoms with E-state index in [9.17, 15) is 39.1 Å². The Morgan fingerprint density at radius 3 is 1.27 bits per heavy atom. The molecule has 0 radical (unpaired) electrons. The Labute approximate surface area is 382 Å². The average Bonchev–Trinajstić information content (AvgIpc) is 3.74. The first-order valence-corrected chi connectivity index (χ1v) is 27.2. The molecule has 0 aromatic heterocycles. The fraction of sp³-hybridized carbons (Fsp3) is 0.944. The number of carbonyl (C=O) groups excluding carboxylic acids is 2. The Hall–Kier alpha value is 0.120. The van der Waals surface area contributed by atoms with Crippen LogP contribution in [-0.2, 0) is 37.2 Å². The third-order valence-corrected chi connectivity index (χ3v) is 15.0. The second-order valence-corrected chi connectivity index (χ2v) is 22.2. The summed E-state index contributed by atoms with van der Waals surface area (Å²) in [6.07, 6.45) is -2.75. The molecule has 4 aliphatic heterocycles. The number of alkyl halides is 2. The zero-order valence-electron chi connectivity index (χ0n) is 36.3. The normalized spacial score (nSPS) is 36.9. The third-order valence-electron chi connectivity index (χ3n) is 11.7. The Bertz CT molecular complexity index is 1420. The predicted molar refractivity (Wildman–Crippen MR) is 236 cm³/mol. The van der Waals surface area contributed by atoms with Crippen LogP contribution in [0.1, 0.15) is 66.2 Å². The fourth-order valence-corrected chi connectivity index (χ4v) is 11.9. The molecule has 4 rings (SSSR count). The summed E-state index contributed by atoms with van der Waals surface area (Å²) < 4.78 is 43.5. The van der Waals surface area contributed by atoms with E-state index in [-0.39, 0.29) is 23.9 Å². The van der Waals surface area contributed by atoms with Crippen molar-refractivity contribution >= 4 is 74.2 Å². The maximum atomic E-state index is 13.0. The molecule has 364 valence electrons. The van der Waals surface area contributed by atoms with Gasteiger partial charge in [-0.15, -0.1) is 46.7 Å². The van der Waals surface area contributed by atoms with E-state index in [2.05, 4.69) is 33.5 Å². The lowest BCUT2D eigenvalue weighted by Gasteiger charge is -2.45. The van der Waals surface area contributed by atoms with E-state index in [0.717, 1.165) is 75.1 Å². The van der Waals surface area contributed by atoms with E-state index in [1.54, 1.807) is 26.4 Å². The summed E-state index contributed by atoms with van der Waals surface area (Å²) in [7, 11) is -6.08. The molecule has 0 aromatic rings. The van der Waals surface area contributed by atoms with Crippen LogP contribution in [-0.4, -0.2) is 196 Å². The Kier molecular flexibility index (Phi) is 22.7. The molecule has 0 aliphatic carbocycles. The first-order valence-electron chi connectivity index (χ1n) is 20.6. The van der Waals surface area contributed by atoms with Gasteiger partial charge in [-0.3, -0.25) is 28.4 Å². The van der Waals surface area contributed by atoms with Gasteiger partial charge in [0.2, 0.25) is 11.8 Å². The zero-order chi connectivity index (χ0) is 47.0. The zero-order valence-corrected chi connectivity index (χ0v) is 41.2. The second kappa shape index (κ2) is 24.9. The van der Waals surface area contributed by atoms with Crippen molar-refractivity contribution < 1.29 is 77.2 Å². The number of rotatable bonds is 18. The van der Waals surface area contributed by atoms with Crippen molar-refractivity contribution in [3.05, 3.63) is 0 Å². The monoisotopic (exact) mass is 1010 g/mol. The number of carbonyl (C=O) groups is 2. The first kappa shape index (κ1) is 56.4. The molecule has 4 aliphatic rings. The summed E-state index contributed by atoms with van der Waals surface area (Å²) in [5.74, 6) is 0.390. The lowest BCUT2D eigenvalue weighted by atomic mass is 9.92. The molecule has 2 amide bonds. The maximum Gasteiger partial charge on any atom is 0.470 e. The highest BCUT2D eigenvalue weighted by molar-refractivity contribution is 7.99. The number of thioether (sulfide) groups is 2. The molecule has 4 saturated heterocycles. The van der Waals surface area contributed by atoms with Crippen molar-refractivity contribution in [2.45, 2.75) is 161 Å². The molecule has 10 N–H and O–H groups in total. The van der Waals surface area contributed by atoms with E-state index >= 15 is 0 Å². The number of aliphatic hydroxyl groups is 4. The molecule has 4 heterocycles. The molecule has 18 atom stereocenters. The van der Waals surface area contributed by atoms with E-state index in [1.807, 2.05) is 23.9 Å². The van der Waals surface area contributed by atoms with E-state index in [4.69, 9.17) is 52.2 Å². The number of likely N-dealkylation sites (tertiary alicyclic amines) is 2. The van der Waals surface area contributed by atoms with Crippen molar-refractivity contribution in [3.63, 3.8) is 0 Å². The second-order valence-electron chi connectivity index (χ2n) is 16.6. The summed E-state index contributed by atoms with van der Waals surface area (Å²) in [5.41, 5.74) is -1.98. The maximum absolute atomic E-state index is 13.0.